The van der Waals surface area contributed by atoms with Crippen LogP contribution in [0, 0.1) is 0 Å². The number of nitrogens with zero attached hydrogens (tertiary/aromatic N) is 1. The Hall–Kier alpha value is -1.62. The Kier molecular flexibility index (Phi) is 2.78. The first kappa shape index (κ1) is 10.9. The van der Waals surface area contributed by atoms with E-state index < -0.39 is 6.10 Å². The van der Waals surface area contributed by atoms with Gasteiger partial charge in [-0.1, -0.05) is 0 Å². The molecule has 0 aliphatic carbocycles. The first-order valence-electron chi connectivity index (χ1n) is 5.24. The van der Waals surface area contributed by atoms with Crippen LogP contribution in [0.4, 0.5) is 0 Å². The van der Waals surface area contributed by atoms with E-state index in [-0.39, 0.29) is 11.7 Å². The van der Waals surface area contributed by atoms with Crippen LogP contribution in [-0.2, 0) is 0 Å². The van der Waals surface area contributed by atoms with Crippen molar-refractivity contribution in [2.45, 2.75) is 19.4 Å². The Morgan fingerprint density at radius 1 is 1.56 bits per heavy atom. The van der Waals surface area contributed by atoms with E-state index in [4.69, 9.17) is 0 Å². The normalized spacial score (nSPS) is 20.1. The first-order valence-corrected chi connectivity index (χ1v) is 5.24. The molecule has 0 saturated carbocycles. The van der Waals surface area contributed by atoms with Gasteiger partial charge >= 0.3 is 0 Å². The molecular formula is C11H14N2O3. The lowest BCUT2D eigenvalue weighted by molar-refractivity contribution is 0.0760. The Morgan fingerprint density at radius 3 is 2.81 bits per heavy atom. The number of H-pyrrole nitrogens is 1. The minimum atomic E-state index is -0.425. The predicted molar refractivity (Wildman–Crippen MR) is 57.3 cm³/mol. The van der Waals surface area contributed by atoms with E-state index in [0.717, 1.165) is 0 Å². The molecule has 1 aliphatic rings. The Morgan fingerprint density at radius 2 is 2.31 bits per heavy atom. The third-order valence-corrected chi connectivity index (χ3v) is 2.77. The number of carbonyl (C=O) groups is 2. The molecule has 0 spiro atoms. The van der Waals surface area contributed by atoms with Gasteiger partial charge in [0.05, 0.1) is 6.10 Å². The molecular weight excluding hydrogens is 208 g/mol. The zero-order chi connectivity index (χ0) is 11.7. The SMILES string of the molecule is CC(=O)c1c[nH]c(C(=O)N2CC[C@H](O)C2)c1. The first-order chi connectivity index (χ1) is 7.58. The fourth-order valence-electron chi connectivity index (χ4n) is 1.82. The van der Waals surface area contributed by atoms with Crippen molar-refractivity contribution in [2.24, 2.45) is 0 Å². The number of ketones is 1. The summed E-state index contributed by atoms with van der Waals surface area (Å²) < 4.78 is 0. The van der Waals surface area contributed by atoms with Crippen LogP contribution in [0.25, 0.3) is 0 Å². The highest BCUT2D eigenvalue weighted by Gasteiger charge is 2.26. The van der Waals surface area contributed by atoms with Crippen LogP contribution in [0.3, 0.4) is 0 Å². The average Bonchev–Trinajstić information content (AvgIpc) is 2.84. The van der Waals surface area contributed by atoms with Gasteiger partial charge in [0, 0.05) is 24.8 Å². The summed E-state index contributed by atoms with van der Waals surface area (Å²) in [7, 11) is 0. The van der Waals surface area contributed by atoms with Gasteiger partial charge in [-0.05, 0) is 19.4 Å². The van der Waals surface area contributed by atoms with Crippen LogP contribution in [0.15, 0.2) is 12.3 Å². The van der Waals surface area contributed by atoms with Crippen molar-refractivity contribution in [3.05, 3.63) is 23.5 Å². The number of nitrogens with one attached hydrogen (secondary N) is 1. The van der Waals surface area contributed by atoms with E-state index in [1.54, 1.807) is 11.0 Å². The summed E-state index contributed by atoms with van der Waals surface area (Å²) in [4.78, 5) is 27.3. The third kappa shape index (κ3) is 1.99. The number of amides is 1. The number of aliphatic hydroxyl groups excluding tert-OH is 1. The van der Waals surface area contributed by atoms with Crippen molar-refractivity contribution in [3.63, 3.8) is 0 Å². The number of β-amino-alcohol motifs (C(OH)–C–C–N with tert-alkyl or cyclic N) is 1. The van der Waals surface area contributed by atoms with Gasteiger partial charge in [-0.15, -0.1) is 0 Å². The summed E-state index contributed by atoms with van der Waals surface area (Å²) in [5.41, 5.74) is 0.905. The molecule has 1 aromatic heterocycles. The standard InChI is InChI=1S/C11H14N2O3/c1-7(14)8-4-10(12-5-8)11(16)13-3-2-9(15)6-13/h4-5,9,12,15H,2-3,6H2,1H3/t9-/m0/s1. The van der Waals surface area contributed by atoms with E-state index in [2.05, 4.69) is 4.98 Å². The van der Waals surface area contributed by atoms with Gasteiger partial charge in [0.1, 0.15) is 5.69 Å². The molecule has 86 valence electrons. The highest BCUT2D eigenvalue weighted by molar-refractivity contribution is 5.99. The zero-order valence-electron chi connectivity index (χ0n) is 9.06. The molecule has 1 aliphatic heterocycles. The molecule has 0 unspecified atom stereocenters. The van der Waals surface area contributed by atoms with Crippen LogP contribution in [-0.4, -0.2) is 45.9 Å². The van der Waals surface area contributed by atoms with Gasteiger partial charge in [-0.3, -0.25) is 9.59 Å². The number of Topliss-reactive ketones (excluding diaryl/α,β-unsaturated/α-hetero) is 1. The maximum atomic E-state index is 11.9. The lowest BCUT2D eigenvalue weighted by Gasteiger charge is -2.13. The van der Waals surface area contributed by atoms with Crippen molar-refractivity contribution >= 4 is 11.7 Å². The minimum absolute atomic E-state index is 0.0724. The quantitative estimate of drug-likeness (QED) is 0.712. The average molecular weight is 222 g/mol. The van der Waals surface area contributed by atoms with Crippen molar-refractivity contribution < 1.29 is 14.7 Å². The second-order valence-corrected chi connectivity index (χ2v) is 4.05. The van der Waals surface area contributed by atoms with E-state index >= 15 is 0 Å². The molecule has 16 heavy (non-hydrogen) atoms. The van der Waals surface area contributed by atoms with Crippen LogP contribution >= 0.6 is 0 Å². The van der Waals surface area contributed by atoms with Gasteiger partial charge in [0.2, 0.25) is 0 Å². The molecule has 1 atom stereocenters. The molecule has 0 radical (unpaired) electrons. The van der Waals surface area contributed by atoms with Crippen LogP contribution in [0.2, 0.25) is 0 Å². The summed E-state index contributed by atoms with van der Waals surface area (Å²) >= 11 is 0. The molecule has 1 fully saturated rings. The largest absolute Gasteiger partial charge is 0.391 e. The Labute approximate surface area is 93.1 Å². The third-order valence-electron chi connectivity index (χ3n) is 2.77. The molecule has 2 rings (SSSR count). The Balaban J connectivity index is 2.11. The number of hydrogen-bond acceptors (Lipinski definition) is 3. The van der Waals surface area contributed by atoms with Crippen molar-refractivity contribution in [2.75, 3.05) is 13.1 Å². The summed E-state index contributed by atoms with van der Waals surface area (Å²) in [6, 6.07) is 1.55. The molecule has 0 aromatic carbocycles. The van der Waals surface area contributed by atoms with E-state index in [9.17, 15) is 14.7 Å². The Bertz CT molecular complexity index is 425. The van der Waals surface area contributed by atoms with Gasteiger partial charge < -0.3 is 15.0 Å². The fourth-order valence-corrected chi connectivity index (χ4v) is 1.82. The fraction of sp³-hybridized carbons (Fsp3) is 0.455. The molecule has 1 saturated heterocycles. The second-order valence-electron chi connectivity index (χ2n) is 4.05. The highest BCUT2D eigenvalue weighted by Crippen LogP contribution is 2.13. The molecule has 5 heteroatoms. The number of likely N-dealkylation sites (tertiary alicyclic amines) is 1. The maximum absolute atomic E-state index is 11.9. The molecule has 5 nitrogen and oxygen atoms in total. The van der Waals surface area contributed by atoms with E-state index in [1.807, 2.05) is 0 Å². The highest BCUT2D eigenvalue weighted by atomic mass is 16.3. The van der Waals surface area contributed by atoms with Gasteiger partial charge in [0.15, 0.2) is 5.78 Å². The van der Waals surface area contributed by atoms with Crippen molar-refractivity contribution in [1.29, 1.82) is 0 Å². The van der Waals surface area contributed by atoms with Gasteiger partial charge in [0.25, 0.3) is 5.91 Å². The summed E-state index contributed by atoms with van der Waals surface area (Å²) in [5, 5.41) is 9.33. The topological polar surface area (TPSA) is 73.4 Å². The number of aromatic nitrogens is 1. The molecule has 0 bridgehead atoms. The number of aliphatic hydroxyl groups is 1. The predicted octanol–water partition coefficient (Wildman–Crippen LogP) is 0.424. The lowest BCUT2D eigenvalue weighted by atomic mass is 10.2. The summed E-state index contributed by atoms with van der Waals surface area (Å²) in [6.45, 7) is 2.39. The summed E-state index contributed by atoms with van der Waals surface area (Å²) in [6.07, 6.45) is 1.72. The smallest absolute Gasteiger partial charge is 0.270 e. The van der Waals surface area contributed by atoms with E-state index in [0.29, 0.717) is 30.8 Å². The van der Waals surface area contributed by atoms with Crippen LogP contribution < -0.4 is 0 Å². The van der Waals surface area contributed by atoms with E-state index in [1.165, 1.54) is 13.1 Å². The van der Waals surface area contributed by atoms with Gasteiger partial charge in [-0.2, -0.15) is 0 Å². The molecule has 1 aromatic rings. The molecule has 2 N–H and O–H groups in total. The van der Waals surface area contributed by atoms with Crippen molar-refractivity contribution in [3.8, 4) is 0 Å². The minimum Gasteiger partial charge on any atom is -0.391 e. The molecule has 1 amide bonds. The van der Waals surface area contributed by atoms with Crippen LogP contribution in [0.5, 0.6) is 0 Å². The summed E-state index contributed by atoms with van der Waals surface area (Å²) in [5.74, 6) is -0.235. The zero-order valence-corrected chi connectivity index (χ0v) is 9.06. The number of hydrogen-bond donors (Lipinski definition) is 2. The number of rotatable bonds is 2. The monoisotopic (exact) mass is 222 g/mol. The number of carbonyl (C=O) groups excluding carboxylic acids is 2. The second kappa shape index (κ2) is 4.09. The number of aromatic amines is 1. The lowest BCUT2D eigenvalue weighted by Crippen LogP contribution is -2.29. The molecule has 2 heterocycles. The van der Waals surface area contributed by atoms with Gasteiger partial charge in [-0.25, -0.2) is 0 Å². The van der Waals surface area contributed by atoms with Crippen molar-refractivity contribution in [1.82, 2.24) is 9.88 Å². The maximum Gasteiger partial charge on any atom is 0.270 e. The van der Waals surface area contributed by atoms with Crippen LogP contribution in [0.1, 0.15) is 34.2 Å².